The third kappa shape index (κ3) is 2.35. The second kappa shape index (κ2) is 4.79. The second-order valence-electron chi connectivity index (χ2n) is 5.99. The summed E-state index contributed by atoms with van der Waals surface area (Å²) in [6, 6.07) is 1.37. The maximum absolute atomic E-state index is 12.1. The number of hydrogen-bond donors (Lipinski definition) is 1. The molecular formula is C14H20N2O5. The van der Waals surface area contributed by atoms with Crippen LogP contribution in [0.1, 0.15) is 39.1 Å². The summed E-state index contributed by atoms with van der Waals surface area (Å²) in [5.41, 5.74) is -0.370. The van der Waals surface area contributed by atoms with Crippen molar-refractivity contribution < 1.29 is 14.2 Å². The van der Waals surface area contributed by atoms with Crippen molar-refractivity contribution in [1.29, 1.82) is 0 Å². The largest absolute Gasteiger partial charge is 0.349 e. The first-order valence-corrected chi connectivity index (χ1v) is 7.16. The summed E-state index contributed by atoms with van der Waals surface area (Å²) in [6.45, 7) is 7.39. The molecule has 21 heavy (non-hydrogen) atoms. The van der Waals surface area contributed by atoms with Gasteiger partial charge in [0.2, 0.25) is 0 Å². The van der Waals surface area contributed by atoms with E-state index < -0.39 is 23.3 Å². The zero-order chi connectivity index (χ0) is 15.4. The lowest BCUT2D eigenvalue weighted by molar-refractivity contribution is -0.197. The average molecular weight is 296 g/mol. The Morgan fingerprint density at radius 3 is 2.57 bits per heavy atom. The van der Waals surface area contributed by atoms with Crippen molar-refractivity contribution in [3.8, 4) is 0 Å². The molecule has 0 bridgehead atoms. The van der Waals surface area contributed by atoms with Crippen LogP contribution in [0.4, 0.5) is 0 Å². The topological polar surface area (TPSA) is 82.6 Å². The van der Waals surface area contributed by atoms with Crippen LogP contribution in [0.2, 0.25) is 0 Å². The highest BCUT2D eigenvalue weighted by molar-refractivity contribution is 5.04. The molecule has 0 radical (unpaired) electrons. The third-order valence-corrected chi connectivity index (χ3v) is 3.95. The van der Waals surface area contributed by atoms with Gasteiger partial charge in [-0.25, -0.2) is 4.79 Å². The van der Waals surface area contributed by atoms with Crippen LogP contribution in [0.3, 0.4) is 0 Å². The average Bonchev–Trinajstić information content (AvgIpc) is 2.82. The molecule has 2 saturated heterocycles. The molecule has 0 aliphatic carbocycles. The zero-order valence-corrected chi connectivity index (χ0v) is 12.6. The zero-order valence-electron chi connectivity index (χ0n) is 12.6. The molecular weight excluding hydrogens is 276 g/mol. The molecule has 1 aromatic heterocycles. The summed E-state index contributed by atoms with van der Waals surface area (Å²) in [4.78, 5) is 25.8. The smallest absolute Gasteiger partial charge is 0.330 e. The van der Waals surface area contributed by atoms with E-state index in [9.17, 15) is 9.59 Å². The van der Waals surface area contributed by atoms with Crippen molar-refractivity contribution in [3.63, 3.8) is 0 Å². The lowest BCUT2D eigenvalue weighted by Gasteiger charge is -2.25. The van der Waals surface area contributed by atoms with E-state index in [1.807, 2.05) is 20.8 Å². The summed E-state index contributed by atoms with van der Waals surface area (Å²) in [7, 11) is 0. The summed E-state index contributed by atoms with van der Waals surface area (Å²) in [5, 5.41) is 0. The fraction of sp³-hybridized carbons (Fsp3) is 0.714. The van der Waals surface area contributed by atoms with Gasteiger partial charge >= 0.3 is 5.69 Å². The van der Waals surface area contributed by atoms with Gasteiger partial charge in [-0.3, -0.25) is 14.3 Å². The van der Waals surface area contributed by atoms with Crippen LogP contribution >= 0.6 is 0 Å². The first kappa shape index (κ1) is 14.5. The molecule has 0 spiro atoms. The Morgan fingerprint density at radius 1 is 1.29 bits per heavy atom. The maximum Gasteiger partial charge on any atom is 0.330 e. The monoisotopic (exact) mass is 296 g/mol. The van der Waals surface area contributed by atoms with Crippen LogP contribution < -0.4 is 11.2 Å². The molecule has 1 unspecified atom stereocenters. The molecule has 116 valence electrons. The van der Waals surface area contributed by atoms with Crippen molar-refractivity contribution in [2.24, 2.45) is 0 Å². The number of H-pyrrole nitrogens is 1. The number of nitrogens with zero attached hydrogens (tertiary/aromatic N) is 1. The van der Waals surface area contributed by atoms with Gasteiger partial charge in [0.15, 0.2) is 12.0 Å². The van der Waals surface area contributed by atoms with Gasteiger partial charge in [-0.05, 0) is 27.2 Å². The summed E-state index contributed by atoms with van der Waals surface area (Å²) in [5.74, 6) is -0.704. The summed E-state index contributed by atoms with van der Waals surface area (Å²) < 4.78 is 19.2. The van der Waals surface area contributed by atoms with Crippen molar-refractivity contribution >= 4 is 0 Å². The molecule has 1 N–H and O–H groups in total. The quantitative estimate of drug-likeness (QED) is 0.867. The Balaban J connectivity index is 2.04. The van der Waals surface area contributed by atoms with Crippen LogP contribution in [0.15, 0.2) is 15.7 Å². The first-order chi connectivity index (χ1) is 9.82. The van der Waals surface area contributed by atoms with Crippen LogP contribution in [-0.2, 0) is 14.2 Å². The van der Waals surface area contributed by atoms with E-state index in [2.05, 4.69) is 4.98 Å². The molecule has 2 fully saturated rings. The van der Waals surface area contributed by atoms with E-state index >= 15 is 0 Å². The molecule has 2 aliphatic rings. The Labute approximate surface area is 121 Å². The SMILES string of the molecule is CC[C@H]1O[C@@H](n2c(C)cc(=O)[nH]c2=O)C2OC(C)(C)O[C@H]21. The van der Waals surface area contributed by atoms with E-state index in [0.29, 0.717) is 5.69 Å². The van der Waals surface area contributed by atoms with Crippen LogP contribution in [-0.4, -0.2) is 33.7 Å². The number of ether oxygens (including phenoxy) is 3. The van der Waals surface area contributed by atoms with Gasteiger partial charge in [-0.1, -0.05) is 6.92 Å². The first-order valence-electron chi connectivity index (χ1n) is 7.16. The predicted molar refractivity (Wildman–Crippen MR) is 74.1 cm³/mol. The Hall–Kier alpha value is -1.44. The van der Waals surface area contributed by atoms with E-state index in [4.69, 9.17) is 14.2 Å². The molecule has 0 aromatic carbocycles. The highest BCUT2D eigenvalue weighted by Gasteiger charge is 2.55. The Kier molecular flexibility index (Phi) is 3.31. The van der Waals surface area contributed by atoms with Crippen molar-refractivity contribution in [2.75, 3.05) is 0 Å². The van der Waals surface area contributed by atoms with Crippen LogP contribution in [0, 0.1) is 6.92 Å². The van der Waals surface area contributed by atoms with E-state index in [0.717, 1.165) is 6.42 Å². The fourth-order valence-electron chi connectivity index (χ4n) is 3.13. The van der Waals surface area contributed by atoms with Gasteiger partial charge in [0.05, 0.1) is 6.10 Å². The number of fused-ring (bicyclic) bond motifs is 1. The van der Waals surface area contributed by atoms with Crippen LogP contribution in [0.25, 0.3) is 0 Å². The van der Waals surface area contributed by atoms with Gasteiger partial charge in [0.25, 0.3) is 5.56 Å². The lowest BCUT2D eigenvalue weighted by Crippen LogP contribution is -2.38. The van der Waals surface area contributed by atoms with E-state index in [1.54, 1.807) is 6.92 Å². The maximum atomic E-state index is 12.1. The molecule has 7 nitrogen and oxygen atoms in total. The van der Waals surface area contributed by atoms with E-state index in [-0.39, 0.29) is 18.3 Å². The Morgan fingerprint density at radius 2 is 1.95 bits per heavy atom. The highest BCUT2D eigenvalue weighted by Crippen LogP contribution is 2.43. The molecule has 3 heterocycles. The number of aromatic nitrogens is 2. The standard InChI is InChI=1S/C14H20N2O5/c1-5-8-10-11(21-14(3,4)20-10)12(19-8)16-7(2)6-9(17)15-13(16)18/h6,8,10-12H,5H2,1-4H3,(H,15,17,18)/t8-,10+,11?,12-/m1/s1. The van der Waals surface area contributed by atoms with Crippen molar-refractivity contribution in [1.82, 2.24) is 9.55 Å². The molecule has 0 saturated carbocycles. The molecule has 3 rings (SSSR count). The second-order valence-corrected chi connectivity index (χ2v) is 5.99. The fourth-order valence-corrected chi connectivity index (χ4v) is 3.13. The minimum atomic E-state index is -0.704. The molecule has 2 aliphatic heterocycles. The third-order valence-electron chi connectivity index (χ3n) is 3.95. The van der Waals surface area contributed by atoms with Gasteiger partial charge in [0, 0.05) is 11.8 Å². The lowest BCUT2D eigenvalue weighted by atomic mass is 10.1. The molecule has 0 amide bonds. The minimum Gasteiger partial charge on any atom is -0.349 e. The highest BCUT2D eigenvalue weighted by atomic mass is 16.8. The summed E-state index contributed by atoms with van der Waals surface area (Å²) in [6.07, 6.45) is -0.555. The van der Waals surface area contributed by atoms with E-state index in [1.165, 1.54) is 10.6 Å². The molecule has 4 atom stereocenters. The minimum absolute atomic E-state index is 0.139. The molecule has 1 aromatic rings. The van der Waals surface area contributed by atoms with Gasteiger partial charge in [-0.15, -0.1) is 0 Å². The Bertz CT molecular complexity index is 662. The van der Waals surface area contributed by atoms with Gasteiger partial charge in [-0.2, -0.15) is 0 Å². The van der Waals surface area contributed by atoms with Crippen molar-refractivity contribution in [2.45, 2.75) is 64.4 Å². The van der Waals surface area contributed by atoms with Crippen LogP contribution in [0.5, 0.6) is 0 Å². The van der Waals surface area contributed by atoms with Gasteiger partial charge in [0.1, 0.15) is 12.2 Å². The number of rotatable bonds is 2. The number of aryl methyl sites for hydroxylation is 1. The number of nitrogens with one attached hydrogen (secondary N) is 1. The number of aromatic amines is 1. The predicted octanol–water partition coefficient (Wildman–Crippen LogP) is 0.673. The molecule has 7 heteroatoms. The van der Waals surface area contributed by atoms with Crippen molar-refractivity contribution in [3.05, 3.63) is 32.6 Å². The number of hydrogen-bond acceptors (Lipinski definition) is 5. The normalized spacial score (nSPS) is 34.1. The van der Waals surface area contributed by atoms with Gasteiger partial charge < -0.3 is 14.2 Å². The summed E-state index contributed by atoms with van der Waals surface area (Å²) >= 11 is 0.